The summed E-state index contributed by atoms with van der Waals surface area (Å²) in [6.45, 7) is 4.09. The summed E-state index contributed by atoms with van der Waals surface area (Å²) in [7, 11) is 0. The van der Waals surface area contributed by atoms with Crippen LogP contribution in [0.3, 0.4) is 0 Å². The van der Waals surface area contributed by atoms with Crippen molar-refractivity contribution in [2.75, 3.05) is 0 Å². The molecule has 0 radical (unpaired) electrons. The minimum atomic E-state index is -0.299. The Balaban J connectivity index is 1.20. The van der Waals surface area contributed by atoms with Crippen molar-refractivity contribution >= 4 is 0 Å². The van der Waals surface area contributed by atoms with E-state index in [1.165, 1.54) is 0 Å². The fourth-order valence-corrected chi connectivity index (χ4v) is 8.79. The summed E-state index contributed by atoms with van der Waals surface area (Å²) < 4.78 is 66.5. The molecule has 4 nitrogen and oxygen atoms in total. The van der Waals surface area contributed by atoms with Crippen molar-refractivity contribution < 1.29 is 17.6 Å². The van der Waals surface area contributed by atoms with Crippen molar-refractivity contribution in [1.29, 1.82) is 0 Å². The molecule has 16 bridgehead atoms. The van der Waals surface area contributed by atoms with Gasteiger partial charge >= 0.3 is 0 Å². The van der Waals surface area contributed by atoms with E-state index in [1.54, 1.807) is 24.3 Å². The number of fused-ring (bicyclic) bond motifs is 2. The molecule has 0 saturated heterocycles. The highest BCUT2D eigenvalue weighted by atomic mass is 19.1. The van der Waals surface area contributed by atoms with Gasteiger partial charge in [0.2, 0.25) is 0 Å². The highest BCUT2D eigenvalue weighted by Crippen LogP contribution is 2.29. The summed E-state index contributed by atoms with van der Waals surface area (Å²) in [5, 5.41) is 0. The first-order chi connectivity index (χ1) is 27.3. The van der Waals surface area contributed by atoms with Crippen LogP contribution in [0, 0.1) is 23.3 Å². The lowest BCUT2D eigenvalue weighted by Crippen LogP contribution is -2.28. The first kappa shape index (κ1) is 36.5. The van der Waals surface area contributed by atoms with Crippen LogP contribution in [-0.4, -0.2) is 19.6 Å². The summed E-state index contributed by atoms with van der Waals surface area (Å²) in [6, 6.07) is 38.5. The van der Waals surface area contributed by atoms with Crippen LogP contribution in [0.4, 0.5) is 17.6 Å². The van der Waals surface area contributed by atoms with Crippen LogP contribution >= 0.6 is 0 Å². The van der Waals surface area contributed by atoms with Crippen molar-refractivity contribution in [2.24, 2.45) is 0 Å². The van der Waals surface area contributed by atoms with E-state index in [9.17, 15) is 0 Å². The molecule has 0 N–H and O–H groups in total. The second kappa shape index (κ2) is 15.8. The smallest absolute Gasteiger partial charge is 0.132 e. The van der Waals surface area contributed by atoms with Crippen molar-refractivity contribution in [3.63, 3.8) is 0 Å². The van der Waals surface area contributed by atoms with Gasteiger partial charge in [-0.25, -0.2) is 17.6 Å². The van der Waals surface area contributed by atoms with Gasteiger partial charge in [-0.1, -0.05) is 121 Å². The molecule has 10 rings (SSSR count). The first-order valence-corrected chi connectivity index (χ1v) is 19.4. The van der Waals surface area contributed by atoms with E-state index < -0.39 is 0 Å². The number of hydrogen-bond acceptors (Lipinski definition) is 4. The highest BCUT2D eigenvalue weighted by Gasteiger charge is 2.24. The van der Waals surface area contributed by atoms with E-state index >= 15 is 17.6 Å². The molecule has 0 fully saturated rings. The Morgan fingerprint density at radius 1 is 0.250 bits per heavy atom. The van der Waals surface area contributed by atoms with Gasteiger partial charge in [0.1, 0.15) is 23.3 Å². The van der Waals surface area contributed by atoms with Gasteiger partial charge in [0.15, 0.2) is 0 Å². The Morgan fingerprint density at radius 2 is 0.429 bits per heavy atom. The molecule has 0 spiro atoms. The van der Waals surface area contributed by atoms with Gasteiger partial charge in [-0.05, 0) is 22.3 Å². The standard InChI is InChI=1S/C48H44F4N4/c49-45-37-11-3-12-38(45)26-54-22-34-8-1-7-33(19-34)21-53(25-37)29-41-15-5-17-43(47(41)51)31-55-23-35-9-2-10-36(20-35)24-56(28-40-14-4-13-39(27-55)46(40)50)32-44-18-6-16-42(30-54)48(44)52/h1-20H,21-32H2. The Morgan fingerprint density at radius 3 is 0.625 bits per heavy atom. The van der Waals surface area contributed by atoms with Gasteiger partial charge in [-0.3, -0.25) is 19.6 Å². The Bertz CT molecular complexity index is 2090. The predicted octanol–water partition coefficient (Wildman–Crippen LogP) is 9.99. The summed E-state index contributed by atoms with van der Waals surface area (Å²) in [6.07, 6.45) is 0. The molecule has 56 heavy (non-hydrogen) atoms. The van der Waals surface area contributed by atoms with Crippen LogP contribution in [0.5, 0.6) is 0 Å². The molecule has 284 valence electrons. The zero-order chi connectivity index (χ0) is 38.2. The zero-order valence-electron chi connectivity index (χ0n) is 31.3. The third-order valence-corrected chi connectivity index (χ3v) is 11.4. The third-order valence-electron chi connectivity index (χ3n) is 11.4. The molecule has 0 aliphatic carbocycles. The molecule has 4 aliphatic heterocycles. The van der Waals surface area contributed by atoms with Gasteiger partial charge in [0, 0.05) is 123 Å². The fraction of sp³-hybridized carbons (Fsp3) is 0.250. The molecular weight excluding hydrogens is 709 g/mol. The van der Waals surface area contributed by atoms with Gasteiger partial charge in [-0.15, -0.1) is 0 Å². The van der Waals surface area contributed by atoms with Crippen molar-refractivity contribution in [1.82, 2.24) is 19.6 Å². The largest absolute Gasteiger partial charge is 0.290 e. The summed E-state index contributed by atoms with van der Waals surface area (Å²) in [4.78, 5) is 8.37. The van der Waals surface area contributed by atoms with Crippen LogP contribution in [0.15, 0.2) is 121 Å². The van der Waals surface area contributed by atoms with Gasteiger partial charge < -0.3 is 0 Å². The topological polar surface area (TPSA) is 13.0 Å². The molecular formula is C48H44F4N4. The quantitative estimate of drug-likeness (QED) is 0.143. The van der Waals surface area contributed by atoms with Crippen LogP contribution in [-0.2, 0) is 78.5 Å². The van der Waals surface area contributed by atoms with Crippen LogP contribution in [0.1, 0.15) is 66.8 Å². The van der Waals surface area contributed by atoms with Crippen LogP contribution in [0.2, 0.25) is 0 Å². The van der Waals surface area contributed by atoms with Gasteiger partial charge in [-0.2, -0.15) is 0 Å². The number of hydrogen-bond donors (Lipinski definition) is 0. The molecule has 0 aromatic heterocycles. The lowest BCUT2D eigenvalue weighted by molar-refractivity contribution is 0.222. The van der Waals surface area contributed by atoms with E-state index in [2.05, 4.69) is 56.0 Å². The number of nitrogens with zero attached hydrogens (tertiary/aromatic N) is 4. The lowest BCUT2D eigenvalue weighted by Gasteiger charge is -2.29. The number of benzene rings is 6. The first-order valence-electron chi connectivity index (χ1n) is 19.4. The SMILES string of the molecule is Fc1c2cccc1CN1Cc3cccc(c3)CN(C2)Cc2cccc(c2F)CN2Cc3cccc(c3)CN(Cc3cccc(c3F)C2)Cc2cccc(c2F)C1. The molecule has 0 saturated carbocycles. The Kier molecular flexibility index (Phi) is 10.3. The summed E-state index contributed by atoms with van der Waals surface area (Å²) >= 11 is 0. The molecule has 0 amide bonds. The number of rotatable bonds is 0. The molecule has 0 unspecified atom stereocenters. The van der Waals surface area contributed by atoms with E-state index in [1.807, 2.05) is 60.7 Å². The second-order valence-electron chi connectivity index (χ2n) is 15.8. The Labute approximate surface area is 326 Å². The maximum atomic E-state index is 16.8. The molecule has 8 heteroatoms. The normalized spacial score (nSPS) is 21.1. The molecule has 4 aliphatic rings. The summed E-state index contributed by atoms with van der Waals surface area (Å²) in [5.41, 5.74) is 8.36. The maximum Gasteiger partial charge on any atom is 0.132 e. The zero-order valence-corrected chi connectivity index (χ0v) is 31.3. The second-order valence-corrected chi connectivity index (χ2v) is 15.8. The molecule has 6 aromatic carbocycles. The average Bonchev–Trinajstić information content (AvgIpc) is 3.17. The molecule has 6 aromatic rings. The number of halogens is 4. The van der Waals surface area contributed by atoms with E-state index in [0.29, 0.717) is 70.7 Å². The molecule has 0 atom stereocenters. The monoisotopic (exact) mass is 752 g/mol. The molecule has 4 heterocycles. The van der Waals surface area contributed by atoms with E-state index in [4.69, 9.17) is 0 Å². The van der Waals surface area contributed by atoms with Crippen LogP contribution in [0.25, 0.3) is 0 Å². The highest BCUT2D eigenvalue weighted by molar-refractivity contribution is 5.33. The van der Waals surface area contributed by atoms with Crippen molar-refractivity contribution in [3.05, 3.63) is 211 Å². The fourth-order valence-electron chi connectivity index (χ4n) is 8.79. The minimum Gasteiger partial charge on any atom is -0.290 e. The lowest BCUT2D eigenvalue weighted by atomic mass is 10.0. The predicted molar refractivity (Wildman–Crippen MR) is 210 cm³/mol. The van der Waals surface area contributed by atoms with Gasteiger partial charge in [0.05, 0.1) is 0 Å². The third kappa shape index (κ3) is 7.93. The van der Waals surface area contributed by atoms with E-state index in [-0.39, 0.29) is 75.6 Å². The minimum absolute atomic E-state index is 0.268. The van der Waals surface area contributed by atoms with Crippen LogP contribution < -0.4 is 0 Å². The van der Waals surface area contributed by atoms with Gasteiger partial charge in [0.25, 0.3) is 0 Å². The van der Waals surface area contributed by atoms with Crippen molar-refractivity contribution in [2.45, 2.75) is 78.5 Å². The summed E-state index contributed by atoms with van der Waals surface area (Å²) in [5.74, 6) is -1.17. The maximum absolute atomic E-state index is 16.8. The van der Waals surface area contributed by atoms with E-state index in [0.717, 1.165) is 22.3 Å². The average molecular weight is 753 g/mol. The van der Waals surface area contributed by atoms with Crippen molar-refractivity contribution in [3.8, 4) is 0 Å². The Hall–Kier alpha value is -5.12.